The Hall–Kier alpha value is -0.0800. The summed E-state index contributed by atoms with van der Waals surface area (Å²) in [4.78, 5) is 2.94. The van der Waals surface area contributed by atoms with Gasteiger partial charge in [0.15, 0.2) is 0 Å². The van der Waals surface area contributed by atoms with Gasteiger partial charge in [0.1, 0.15) is 0 Å². The molecule has 3 fully saturated rings. The third-order valence-corrected chi connectivity index (χ3v) is 6.07. The van der Waals surface area contributed by atoms with Gasteiger partial charge in [0.2, 0.25) is 0 Å². The maximum Gasteiger partial charge on any atom is 0.0334 e. The summed E-state index contributed by atoms with van der Waals surface area (Å²) in [5, 5.41) is 3.94. The van der Waals surface area contributed by atoms with Crippen LogP contribution in [0.2, 0.25) is 0 Å². The lowest BCUT2D eigenvalue weighted by atomic mass is 9.77. The van der Waals surface area contributed by atoms with Gasteiger partial charge in [-0.25, -0.2) is 0 Å². The maximum absolute atomic E-state index is 3.94. The van der Waals surface area contributed by atoms with E-state index in [1.165, 1.54) is 77.4 Å². The molecule has 1 saturated heterocycles. The number of nitrogens with one attached hydrogen (secondary N) is 1. The second-order valence-corrected chi connectivity index (χ2v) is 7.91. The van der Waals surface area contributed by atoms with Crippen molar-refractivity contribution in [3.8, 4) is 0 Å². The van der Waals surface area contributed by atoms with Crippen LogP contribution in [0, 0.1) is 11.8 Å². The molecule has 2 nitrogen and oxygen atoms in total. The van der Waals surface area contributed by atoms with Gasteiger partial charge >= 0.3 is 0 Å². The van der Waals surface area contributed by atoms with Gasteiger partial charge in [-0.05, 0) is 43.9 Å². The first-order chi connectivity index (χ1) is 9.73. The van der Waals surface area contributed by atoms with Crippen LogP contribution in [-0.2, 0) is 0 Å². The molecule has 0 radical (unpaired) electrons. The second-order valence-electron chi connectivity index (χ2n) is 7.91. The van der Waals surface area contributed by atoms with Crippen molar-refractivity contribution in [1.82, 2.24) is 10.2 Å². The van der Waals surface area contributed by atoms with Crippen LogP contribution in [0.3, 0.4) is 0 Å². The zero-order chi connectivity index (χ0) is 14.0. The molecule has 20 heavy (non-hydrogen) atoms. The van der Waals surface area contributed by atoms with Gasteiger partial charge in [-0.1, -0.05) is 39.5 Å². The van der Waals surface area contributed by atoms with E-state index in [0.29, 0.717) is 5.54 Å². The fourth-order valence-corrected chi connectivity index (χ4v) is 4.67. The predicted octanol–water partition coefficient (Wildman–Crippen LogP) is 3.81. The summed E-state index contributed by atoms with van der Waals surface area (Å²) in [6, 6.07) is 0.802. The van der Waals surface area contributed by atoms with Gasteiger partial charge in [-0.3, -0.25) is 4.90 Å². The van der Waals surface area contributed by atoms with Gasteiger partial charge in [0.05, 0.1) is 0 Å². The molecule has 2 heteroatoms. The molecule has 0 aromatic heterocycles. The van der Waals surface area contributed by atoms with Crippen LogP contribution in [0.25, 0.3) is 0 Å². The lowest BCUT2D eigenvalue weighted by Gasteiger charge is -2.53. The van der Waals surface area contributed by atoms with Crippen LogP contribution in [-0.4, -0.2) is 36.1 Å². The average molecular weight is 278 g/mol. The van der Waals surface area contributed by atoms with Gasteiger partial charge in [0, 0.05) is 31.2 Å². The van der Waals surface area contributed by atoms with Crippen molar-refractivity contribution in [3.05, 3.63) is 0 Å². The third kappa shape index (κ3) is 3.22. The molecule has 0 aromatic rings. The van der Waals surface area contributed by atoms with E-state index in [2.05, 4.69) is 24.1 Å². The summed E-state index contributed by atoms with van der Waals surface area (Å²) >= 11 is 0. The highest BCUT2D eigenvalue weighted by Crippen LogP contribution is 2.40. The van der Waals surface area contributed by atoms with Gasteiger partial charge < -0.3 is 5.32 Å². The van der Waals surface area contributed by atoms with E-state index in [-0.39, 0.29) is 0 Å². The SMILES string of the molecule is CCCC(C)CN1CC(C2CC2)NCC12CCCCC2. The van der Waals surface area contributed by atoms with E-state index in [9.17, 15) is 0 Å². The van der Waals surface area contributed by atoms with Crippen molar-refractivity contribution >= 4 is 0 Å². The van der Waals surface area contributed by atoms with E-state index in [0.717, 1.165) is 17.9 Å². The minimum atomic E-state index is 0.519. The van der Waals surface area contributed by atoms with Gasteiger partial charge in [0.25, 0.3) is 0 Å². The minimum Gasteiger partial charge on any atom is -0.311 e. The van der Waals surface area contributed by atoms with Crippen LogP contribution >= 0.6 is 0 Å². The summed E-state index contributed by atoms with van der Waals surface area (Å²) in [5.74, 6) is 1.87. The zero-order valence-corrected chi connectivity index (χ0v) is 13.7. The quantitative estimate of drug-likeness (QED) is 0.822. The Labute approximate surface area is 125 Å². The molecule has 1 aliphatic heterocycles. The molecule has 2 unspecified atom stereocenters. The molecule has 2 atom stereocenters. The second kappa shape index (κ2) is 6.36. The van der Waals surface area contributed by atoms with Crippen LogP contribution < -0.4 is 5.32 Å². The number of rotatable bonds is 5. The smallest absolute Gasteiger partial charge is 0.0334 e. The Balaban J connectivity index is 1.67. The first-order valence-corrected chi connectivity index (χ1v) is 9.22. The molecular weight excluding hydrogens is 244 g/mol. The highest BCUT2D eigenvalue weighted by atomic mass is 15.3. The molecule has 3 aliphatic rings. The van der Waals surface area contributed by atoms with E-state index >= 15 is 0 Å². The Morgan fingerprint density at radius 3 is 2.60 bits per heavy atom. The first kappa shape index (κ1) is 14.8. The molecule has 116 valence electrons. The summed E-state index contributed by atoms with van der Waals surface area (Å²) in [6.45, 7) is 8.75. The fourth-order valence-electron chi connectivity index (χ4n) is 4.67. The van der Waals surface area contributed by atoms with Crippen LogP contribution in [0.4, 0.5) is 0 Å². The summed E-state index contributed by atoms with van der Waals surface area (Å²) in [7, 11) is 0. The Bertz CT molecular complexity index is 305. The number of nitrogens with zero attached hydrogens (tertiary/aromatic N) is 1. The average Bonchev–Trinajstić information content (AvgIpc) is 3.27. The molecule has 1 N–H and O–H groups in total. The van der Waals surface area contributed by atoms with Crippen molar-refractivity contribution < 1.29 is 0 Å². The molecule has 3 rings (SSSR count). The molecule has 2 saturated carbocycles. The topological polar surface area (TPSA) is 15.3 Å². The molecule has 0 amide bonds. The Morgan fingerprint density at radius 1 is 1.20 bits per heavy atom. The van der Waals surface area contributed by atoms with Crippen LogP contribution in [0.1, 0.15) is 71.6 Å². The zero-order valence-electron chi connectivity index (χ0n) is 13.7. The number of piperazine rings is 1. The molecular formula is C18H34N2. The van der Waals surface area contributed by atoms with Gasteiger partial charge in [-0.2, -0.15) is 0 Å². The van der Waals surface area contributed by atoms with Crippen LogP contribution in [0.15, 0.2) is 0 Å². The minimum absolute atomic E-state index is 0.519. The molecule has 0 aromatic carbocycles. The maximum atomic E-state index is 3.94. The fraction of sp³-hybridized carbons (Fsp3) is 1.00. The highest BCUT2D eigenvalue weighted by molar-refractivity contribution is 5.03. The largest absolute Gasteiger partial charge is 0.311 e. The molecule has 1 heterocycles. The monoisotopic (exact) mass is 278 g/mol. The van der Waals surface area contributed by atoms with E-state index < -0.39 is 0 Å². The van der Waals surface area contributed by atoms with Crippen molar-refractivity contribution in [2.24, 2.45) is 11.8 Å². The summed E-state index contributed by atoms with van der Waals surface area (Å²) < 4.78 is 0. The van der Waals surface area contributed by atoms with E-state index in [4.69, 9.17) is 0 Å². The first-order valence-electron chi connectivity index (χ1n) is 9.22. The van der Waals surface area contributed by atoms with E-state index in [1.54, 1.807) is 0 Å². The normalized spacial score (nSPS) is 32.4. The number of hydrogen-bond acceptors (Lipinski definition) is 2. The predicted molar refractivity (Wildman–Crippen MR) is 86.0 cm³/mol. The highest BCUT2D eigenvalue weighted by Gasteiger charge is 2.45. The summed E-state index contributed by atoms with van der Waals surface area (Å²) in [6.07, 6.45) is 12.9. The Morgan fingerprint density at radius 2 is 1.95 bits per heavy atom. The van der Waals surface area contributed by atoms with Crippen LogP contribution in [0.5, 0.6) is 0 Å². The molecule has 1 spiro atoms. The lowest BCUT2D eigenvalue weighted by molar-refractivity contribution is -0.00391. The molecule has 2 aliphatic carbocycles. The lowest BCUT2D eigenvalue weighted by Crippen LogP contribution is -2.66. The number of hydrogen-bond donors (Lipinski definition) is 1. The standard InChI is InChI=1S/C18H34N2/c1-3-7-15(2)12-20-13-17(16-8-9-16)19-14-18(20)10-5-4-6-11-18/h15-17,19H,3-14H2,1-2H3. The van der Waals surface area contributed by atoms with E-state index in [1.807, 2.05) is 0 Å². The van der Waals surface area contributed by atoms with Gasteiger partial charge in [-0.15, -0.1) is 0 Å². The summed E-state index contributed by atoms with van der Waals surface area (Å²) in [5.41, 5.74) is 0.519. The Kier molecular flexibility index (Phi) is 4.72. The third-order valence-electron chi connectivity index (χ3n) is 6.07. The van der Waals surface area contributed by atoms with Crippen molar-refractivity contribution in [1.29, 1.82) is 0 Å². The van der Waals surface area contributed by atoms with Crippen molar-refractivity contribution in [3.63, 3.8) is 0 Å². The van der Waals surface area contributed by atoms with Crippen molar-refractivity contribution in [2.75, 3.05) is 19.6 Å². The van der Waals surface area contributed by atoms with Crippen molar-refractivity contribution in [2.45, 2.75) is 83.2 Å². The molecule has 0 bridgehead atoms.